The molecule has 1 aromatic rings. The molecule has 88 valence electrons. The van der Waals surface area contributed by atoms with Crippen LogP contribution in [-0.2, 0) is 9.54 Å². The van der Waals surface area contributed by atoms with E-state index in [1.54, 1.807) is 6.92 Å². The van der Waals surface area contributed by atoms with Crippen molar-refractivity contribution in [1.82, 2.24) is 0 Å². The van der Waals surface area contributed by atoms with Gasteiger partial charge in [0, 0.05) is 12.3 Å². The molecular weight excluding hydrogens is 222 g/mol. The zero-order chi connectivity index (χ0) is 12.2. The minimum Gasteiger partial charge on any atom is -0.480 e. The fraction of sp³-hybridized carbons (Fsp3) is 0.417. The Bertz CT molecular complexity index is 381. The van der Waals surface area contributed by atoms with Crippen LogP contribution in [0.3, 0.4) is 0 Å². The van der Waals surface area contributed by atoms with Gasteiger partial charge in [0.2, 0.25) is 0 Å². The van der Waals surface area contributed by atoms with E-state index in [9.17, 15) is 9.90 Å². The van der Waals surface area contributed by atoms with Gasteiger partial charge in [-0.2, -0.15) is 0 Å². The summed E-state index contributed by atoms with van der Waals surface area (Å²) in [4.78, 5) is 11.4. The number of thioether (sulfide) groups is 1. The fourth-order valence-electron chi connectivity index (χ4n) is 1.47. The number of aryl methyl sites for hydroxylation is 1. The number of carboxylic acids is 1. The summed E-state index contributed by atoms with van der Waals surface area (Å²) < 4.78 is -0.911. The summed E-state index contributed by atoms with van der Waals surface area (Å²) in [6.45, 7) is 4.17. The molecule has 16 heavy (non-hydrogen) atoms. The first-order chi connectivity index (χ1) is 7.50. The fourth-order valence-corrected chi connectivity index (χ4v) is 2.42. The molecule has 0 heterocycles. The Kier molecular flexibility index (Phi) is 4.38. The maximum Gasteiger partial charge on any atom is 0.324 e. The maximum atomic E-state index is 11.4. The molecule has 3 nitrogen and oxygen atoms in total. The normalized spacial score (nSPS) is 14.4. The Morgan fingerprint density at radius 1 is 1.56 bits per heavy atom. The van der Waals surface area contributed by atoms with E-state index in [2.05, 4.69) is 0 Å². The molecule has 0 fully saturated rings. The summed E-state index contributed by atoms with van der Waals surface area (Å²) in [6.07, 6.45) is 0. The van der Waals surface area contributed by atoms with Crippen LogP contribution < -0.4 is 5.73 Å². The summed E-state index contributed by atoms with van der Waals surface area (Å²) in [5.41, 5.74) is 7.32. The summed E-state index contributed by atoms with van der Waals surface area (Å²) in [6, 6.07) is 7.61. The number of hydrogen-bond acceptors (Lipinski definition) is 3. The molecular formula is C12H17NO2S. The number of benzene rings is 1. The van der Waals surface area contributed by atoms with Gasteiger partial charge in [-0.05, 0) is 19.4 Å². The number of rotatable bonds is 5. The predicted octanol–water partition coefficient (Wildman–Crippen LogP) is 1.99. The Balaban J connectivity index is 3.06. The van der Waals surface area contributed by atoms with E-state index < -0.39 is 10.7 Å². The quantitative estimate of drug-likeness (QED) is 0.824. The molecule has 0 aliphatic carbocycles. The van der Waals surface area contributed by atoms with Crippen molar-refractivity contribution in [3.05, 3.63) is 35.4 Å². The second kappa shape index (κ2) is 5.37. The second-order valence-electron chi connectivity index (χ2n) is 3.85. The Labute approximate surface area is 100 Å². The number of hydrogen-bond donors (Lipinski definition) is 2. The first-order valence-corrected chi connectivity index (χ1v) is 6.14. The molecule has 1 rings (SSSR count). The van der Waals surface area contributed by atoms with Crippen LogP contribution in [-0.4, -0.2) is 23.4 Å². The van der Waals surface area contributed by atoms with Gasteiger partial charge in [-0.3, -0.25) is 4.79 Å². The predicted molar refractivity (Wildman–Crippen MR) is 67.7 cm³/mol. The van der Waals surface area contributed by atoms with Gasteiger partial charge < -0.3 is 10.8 Å². The standard InChI is InChI=1S/C12H17NO2S/c1-9-4-3-5-10(8-9)12(2,11(14)15)16-7-6-13/h3-5,8H,6-7,13H2,1-2H3,(H,14,15). The van der Waals surface area contributed by atoms with Gasteiger partial charge in [-0.15, -0.1) is 11.8 Å². The van der Waals surface area contributed by atoms with E-state index in [-0.39, 0.29) is 0 Å². The molecule has 1 unspecified atom stereocenters. The summed E-state index contributed by atoms with van der Waals surface area (Å²) in [5.74, 6) is -0.187. The van der Waals surface area contributed by atoms with E-state index in [4.69, 9.17) is 5.73 Å². The van der Waals surface area contributed by atoms with Gasteiger partial charge in [-0.1, -0.05) is 29.8 Å². The lowest BCUT2D eigenvalue weighted by Gasteiger charge is -2.24. The highest BCUT2D eigenvalue weighted by atomic mass is 32.2. The average molecular weight is 239 g/mol. The number of carbonyl (C=O) groups is 1. The van der Waals surface area contributed by atoms with E-state index in [1.807, 2.05) is 31.2 Å². The molecule has 1 atom stereocenters. The third kappa shape index (κ3) is 2.77. The first kappa shape index (κ1) is 13.1. The van der Waals surface area contributed by atoms with Crippen molar-refractivity contribution >= 4 is 17.7 Å². The molecule has 0 amide bonds. The maximum absolute atomic E-state index is 11.4. The molecule has 0 bridgehead atoms. The Hall–Kier alpha value is -1.00. The van der Waals surface area contributed by atoms with Crippen LogP contribution in [0.2, 0.25) is 0 Å². The average Bonchev–Trinajstić information content (AvgIpc) is 2.25. The van der Waals surface area contributed by atoms with E-state index >= 15 is 0 Å². The smallest absolute Gasteiger partial charge is 0.324 e. The molecule has 0 aliphatic heterocycles. The van der Waals surface area contributed by atoms with Crippen LogP contribution in [0, 0.1) is 6.92 Å². The first-order valence-electron chi connectivity index (χ1n) is 5.15. The number of nitrogens with two attached hydrogens (primary N) is 1. The van der Waals surface area contributed by atoms with E-state index in [0.717, 1.165) is 11.1 Å². The van der Waals surface area contributed by atoms with Gasteiger partial charge in [-0.25, -0.2) is 0 Å². The minimum atomic E-state index is -0.911. The van der Waals surface area contributed by atoms with Crippen LogP contribution in [0.15, 0.2) is 24.3 Å². The van der Waals surface area contributed by atoms with Gasteiger partial charge in [0.05, 0.1) is 0 Å². The lowest BCUT2D eigenvalue weighted by Crippen LogP contribution is -2.30. The SMILES string of the molecule is Cc1cccc(C(C)(SCCN)C(=O)O)c1. The lowest BCUT2D eigenvalue weighted by molar-refractivity contribution is -0.139. The molecule has 0 saturated carbocycles. The van der Waals surface area contributed by atoms with Crippen molar-refractivity contribution in [2.75, 3.05) is 12.3 Å². The van der Waals surface area contributed by atoms with Crippen molar-refractivity contribution in [2.24, 2.45) is 5.73 Å². The summed E-state index contributed by atoms with van der Waals surface area (Å²) in [5, 5.41) is 9.34. The van der Waals surface area contributed by atoms with Crippen LogP contribution >= 0.6 is 11.8 Å². The molecule has 0 spiro atoms. The molecule has 4 heteroatoms. The monoisotopic (exact) mass is 239 g/mol. The minimum absolute atomic E-state index is 0.485. The third-order valence-corrected chi connectivity index (χ3v) is 3.91. The van der Waals surface area contributed by atoms with E-state index in [1.165, 1.54) is 11.8 Å². The highest BCUT2D eigenvalue weighted by molar-refractivity contribution is 8.00. The topological polar surface area (TPSA) is 63.3 Å². The molecule has 3 N–H and O–H groups in total. The van der Waals surface area contributed by atoms with Crippen molar-refractivity contribution in [2.45, 2.75) is 18.6 Å². The molecule has 0 aromatic heterocycles. The van der Waals surface area contributed by atoms with Gasteiger partial charge in [0.25, 0.3) is 0 Å². The Morgan fingerprint density at radius 2 is 2.25 bits per heavy atom. The lowest BCUT2D eigenvalue weighted by atomic mass is 9.99. The number of carboxylic acid groups (broad SMARTS) is 1. The van der Waals surface area contributed by atoms with Crippen molar-refractivity contribution in [1.29, 1.82) is 0 Å². The zero-order valence-electron chi connectivity index (χ0n) is 9.56. The third-order valence-electron chi connectivity index (χ3n) is 2.49. The highest BCUT2D eigenvalue weighted by Crippen LogP contribution is 2.36. The largest absolute Gasteiger partial charge is 0.480 e. The van der Waals surface area contributed by atoms with Crippen LogP contribution in [0.1, 0.15) is 18.1 Å². The Morgan fingerprint density at radius 3 is 2.75 bits per heavy atom. The molecule has 1 aromatic carbocycles. The number of aliphatic carboxylic acids is 1. The molecule has 0 saturated heterocycles. The zero-order valence-corrected chi connectivity index (χ0v) is 10.4. The summed E-state index contributed by atoms with van der Waals surface area (Å²) in [7, 11) is 0. The van der Waals surface area contributed by atoms with Gasteiger partial charge in [0.1, 0.15) is 4.75 Å². The second-order valence-corrected chi connectivity index (χ2v) is 5.36. The van der Waals surface area contributed by atoms with Crippen LogP contribution in [0.4, 0.5) is 0 Å². The van der Waals surface area contributed by atoms with Gasteiger partial charge in [0.15, 0.2) is 0 Å². The van der Waals surface area contributed by atoms with Gasteiger partial charge >= 0.3 is 5.97 Å². The van der Waals surface area contributed by atoms with Crippen molar-refractivity contribution < 1.29 is 9.90 Å². The highest BCUT2D eigenvalue weighted by Gasteiger charge is 2.35. The van der Waals surface area contributed by atoms with Crippen LogP contribution in [0.25, 0.3) is 0 Å². The molecule has 0 radical (unpaired) electrons. The van der Waals surface area contributed by atoms with Crippen LogP contribution in [0.5, 0.6) is 0 Å². The summed E-state index contributed by atoms with van der Waals surface area (Å²) >= 11 is 1.37. The van der Waals surface area contributed by atoms with Crippen molar-refractivity contribution in [3.8, 4) is 0 Å². The van der Waals surface area contributed by atoms with Crippen molar-refractivity contribution in [3.63, 3.8) is 0 Å². The molecule has 0 aliphatic rings. The van der Waals surface area contributed by atoms with E-state index in [0.29, 0.717) is 12.3 Å².